The lowest BCUT2D eigenvalue weighted by atomic mass is 10.4. The monoisotopic (exact) mass is 598 g/mol. The molecular formula is C5H29OP15Si. The zero-order valence-corrected chi connectivity index (χ0v) is 29.6. The second-order valence-corrected chi connectivity index (χ2v) is 57.2. The third-order valence-corrected chi connectivity index (χ3v) is 77.7. The Balaban J connectivity index is 5.56. The average Bonchev–Trinajstić information content (AvgIpc) is 2.44. The SMILES string of the molecule is CCC(C)(P)P(P)C[Si](OP(P)P(P)P)(P(P)P)P(P)PP. The molecule has 0 rings (SSSR count). The normalized spacial score (nSPS) is 22.8. The van der Waals surface area contributed by atoms with Gasteiger partial charge in [-0.05, 0) is 27.1 Å². The predicted octanol–water partition coefficient (Wildman–Crippen LogP) is 8.64. The number of rotatable bonds is 10. The molecule has 15 atom stereocenters. The smallest absolute Gasteiger partial charge is 0.269 e. The largest absolute Gasteiger partial charge is 0.378 e. The third-order valence-electron chi connectivity index (χ3n) is 3.13. The van der Waals surface area contributed by atoms with Crippen molar-refractivity contribution in [3.63, 3.8) is 0 Å². The van der Waals surface area contributed by atoms with E-state index >= 15 is 0 Å². The summed E-state index contributed by atoms with van der Waals surface area (Å²) in [7, 11) is 26.2. The van der Waals surface area contributed by atoms with Crippen molar-refractivity contribution in [3.05, 3.63) is 0 Å². The highest BCUT2D eigenvalue weighted by atomic mass is 32.8. The van der Waals surface area contributed by atoms with Crippen LogP contribution >= 0.6 is 124 Å². The summed E-state index contributed by atoms with van der Waals surface area (Å²) < 4.78 is 6.96. The van der Waals surface area contributed by atoms with Crippen molar-refractivity contribution in [2.24, 2.45) is 0 Å². The minimum Gasteiger partial charge on any atom is -0.378 e. The maximum Gasteiger partial charge on any atom is 0.269 e. The average molecular weight is 598 g/mol. The molecule has 134 valence electrons. The van der Waals surface area contributed by atoms with Crippen molar-refractivity contribution < 1.29 is 4.21 Å². The molecule has 0 heterocycles. The van der Waals surface area contributed by atoms with Crippen LogP contribution in [0.4, 0.5) is 0 Å². The van der Waals surface area contributed by atoms with E-state index in [0.717, 1.165) is 7.96 Å². The fourth-order valence-corrected chi connectivity index (χ4v) is 89.8. The molecule has 0 aromatic rings. The molecule has 0 saturated heterocycles. The lowest BCUT2D eigenvalue weighted by Gasteiger charge is -2.45. The Morgan fingerprint density at radius 1 is 1.09 bits per heavy atom. The molecule has 1 nitrogen and oxygen atoms in total. The van der Waals surface area contributed by atoms with Gasteiger partial charge in [-0.15, -0.1) is 71.7 Å². The molecule has 0 aromatic carbocycles. The van der Waals surface area contributed by atoms with Crippen LogP contribution in [0.15, 0.2) is 0 Å². The summed E-state index contributed by atoms with van der Waals surface area (Å²) in [6, 6.07) is 0. The molecule has 0 saturated carbocycles. The van der Waals surface area contributed by atoms with Crippen LogP contribution < -0.4 is 0 Å². The molecule has 0 aliphatic heterocycles. The molecule has 0 spiro atoms. The molecule has 0 N–H and O–H groups in total. The van der Waals surface area contributed by atoms with Crippen LogP contribution in [0.1, 0.15) is 20.3 Å². The molecular weight excluding hydrogens is 569 g/mol. The van der Waals surface area contributed by atoms with Crippen molar-refractivity contribution in [2.45, 2.75) is 25.2 Å². The van der Waals surface area contributed by atoms with Crippen LogP contribution in [0.25, 0.3) is 0 Å². The van der Waals surface area contributed by atoms with Gasteiger partial charge < -0.3 is 4.21 Å². The van der Waals surface area contributed by atoms with Crippen molar-refractivity contribution >= 4 is 132 Å². The molecule has 0 fully saturated rings. The number of hydrogen-bond donors (Lipinski definition) is 0. The van der Waals surface area contributed by atoms with Crippen molar-refractivity contribution in [3.8, 4) is 0 Å². The van der Waals surface area contributed by atoms with Gasteiger partial charge in [0.25, 0.3) is 7.65 Å². The zero-order valence-electron chi connectivity index (χ0n) is 12.8. The Bertz CT molecular complexity index is 327. The molecule has 15 unspecified atom stereocenters. The Morgan fingerprint density at radius 3 is 1.91 bits per heavy atom. The molecule has 0 aromatic heterocycles. The van der Waals surface area contributed by atoms with Gasteiger partial charge in [-0.25, -0.2) is 0 Å². The highest BCUT2D eigenvalue weighted by Gasteiger charge is 2.49. The van der Waals surface area contributed by atoms with Gasteiger partial charge in [-0.2, -0.15) is 0 Å². The van der Waals surface area contributed by atoms with E-state index in [1.54, 1.807) is 0 Å². The van der Waals surface area contributed by atoms with Crippen LogP contribution in [0.2, 0.25) is 0 Å². The first-order chi connectivity index (χ1) is 9.94. The van der Waals surface area contributed by atoms with Crippen LogP contribution in [0.5, 0.6) is 0 Å². The highest BCUT2D eigenvalue weighted by molar-refractivity contribution is 8.85. The lowest BCUT2D eigenvalue weighted by Crippen LogP contribution is -2.33. The second kappa shape index (κ2) is 13.8. The van der Waals surface area contributed by atoms with Gasteiger partial charge in [-0.3, -0.25) is 0 Å². The van der Waals surface area contributed by atoms with E-state index in [1.165, 1.54) is 12.2 Å². The number of hydrogen-bond acceptors (Lipinski definition) is 1. The maximum atomic E-state index is 6.96. The summed E-state index contributed by atoms with van der Waals surface area (Å²) in [5, 5.41) is 0. The third kappa shape index (κ3) is 9.19. The van der Waals surface area contributed by atoms with Crippen LogP contribution in [0, 0.1) is 0 Å². The maximum absolute atomic E-state index is 6.96. The van der Waals surface area contributed by atoms with Crippen molar-refractivity contribution in [2.75, 3.05) is 5.79 Å². The van der Waals surface area contributed by atoms with Gasteiger partial charge >= 0.3 is 0 Å². The first-order valence-electron chi connectivity index (χ1n) is 6.10. The summed E-state index contributed by atoms with van der Waals surface area (Å²) in [5.41, 5.74) is 0. The predicted molar refractivity (Wildman–Crippen MR) is 161 cm³/mol. The molecule has 0 bridgehead atoms. The van der Waals surface area contributed by atoms with Gasteiger partial charge in [0.1, 0.15) is 0 Å². The minimum absolute atomic E-state index is 0.108. The summed E-state index contributed by atoms with van der Waals surface area (Å²) in [6.45, 7) is 4.21. The van der Waals surface area contributed by atoms with Crippen molar-refractivity contribution in [1.29, 1.82) is 0 Å². The van der Waals surface area contributed by atoms with Crippen LogP contribution in [-0.4, -0.2) is 18.3 Å². The Kier molecular flexibility index (Phi) is 18.0. The van der Waals surface area contributed by atoms with E-state index in [1.807, 2.05) is 0 Å². The Labute approximate surface area is 166 Å². The fourth-order valence-electron chi connectivity index (χ4n) is 1.31. The summed E-state index contributed by atoms with van der Waals surface area (Å²) in [4.78, 5) is 0.337. The second-order valence-electron chi connectivity index (χ2n) is 4.76. The van der Waals surface area contributed by atoms with Gasteiger partial charge in [-0.1, -0.05) is 38.3 Å². The summed E-state index contributed by atoms with van der Waals surface area (Å²) in [5.74, 6) is 1.29. The van der Waals surface area contributed by atoms with E-state index in [0.29, 0.717) is 4.90 Å². The van der Waals surface area contributed by atoms with Crippen LogP contribution in [0.3, 0.4) is 0 Å². The summed E-state index contributed by atoms with van der Waals surface area (Å²) in [6.07, 6.45) is 1.20. The molecule has 0 aliphatic carbocycles. The van der Waals surface area contributed by atoms with E-state index in [2.05, 4.69) is 94.5 Å². The quantitative estimate of drug-likeness (QED) is 0.181. The summed E-state index contributed by atoms with van der Waals surface area (Å²) >= 11 is 0. The first kappa shape index (κ1) is 28.6. The van der Waals surface area contributed by atoms with E-state index in [9.17, 15) is 0 Å². The van der Waals surface area contributed by atoms with Gasteiger partial charge in [0.05, 0.1) is 7.53 Å². The Hall–Kier alpha value is 6.63. The molecule has 0 aliphatic rings. The molecule has 22 heavy (non-hydrogen) atoms. The minimum atomic E-state index is -1.79. The van der Waals surface area contributed by atoms with E-state index in [4.69, 9.17) is 4.21 Å². The van der Waals surface area contributed by atoms with Gasteiger partial charge in [0.15, 0.2) is 0 Å². The Morgan fingerprint density at radius 2 is 1.59 bits per heavy atom. The molecule has 17 heteroatoms. The van der Waals surface area contributed by atoms with Gasteiger partial charge in [0, 0.05) is 10.7 Å². The lowest BCUT2D eigenvalue weighted by molar-refractivity contribution is 0.678. The zero-order chi connectivity index (χ0) is 17.7. The molecule has 0 radical (unpaired) electrons. The van der Waals surface area contributed by atoms with E-state index in [-0.39, 0.29) is 28.3 Å². The van der Waals surface area contributed by atoms with Crippen LogP contribution in [-0.2, 0) is 4.21 Å². The fraction of sp³-hybridized carbons (Fsp3) is 1.00. The van der Waals surface area contributed by atoms with E-state index < -0.39 is 15.2 Å². The molecule has 0 amide bonds. The van der Waals surface area contributed by atoms with Crippen molar-refractivity contribution in [1.82, 2.24) is 0 Å². The first-order valence-corrected chi connectivity index (χ1v) is 33.0. The highest BCUT2D eigenvalue weighted by Crippen LogP contribution is 2.91. The topological polar surface area (TPSA) is 9.23 Å². The standard InChI is InChI=1S/C5H29OP15Si/c1-3-5(2,7)17(9)4-22(20(13)14,21(15)16-8)6-18(10)19(11)12/h16H,3-4,7-15H2,1-2H3. The van der Waals surface area contributed by atoms with Gasteiger partial charge in [0.2, 0.25) is 0 Å².